The van der Waals surface area contributed by atoms with Crippen molar-refractivity contribution >= 4 is 30.9 Å². The van der Waals surface area contributed by atoms with E-state index in [2.05, 4.69) is 5.32 Å². The molecule has 11 heteroatoms. The van der Waals surface area contributed by atoms with E-state index >= 15 is 0 Å². The van der Waals surface area contributed by atoms with Crippen molar-refractivity contribution in [2.45, 2.75) is 32.7 Å². The Morgan fingerprint density at radius 1 is 1.17 bits per heavy atom. The Bertz CT molecular complexity index is 607. The first-order valence-corrected chi connectivity index (χ1v) is 12.9. The molecule has 0 radical (unpaired) electrons. The zero-order valence-corrected chi connectivity index (χ0v) is 20.0. The first-order valence-electron chi connectivity index (χ1n) is 10.1. The number of nitrogens with one attached hydrogen (secondary N) is 1. The smallest absolute Gasteiger partial charge is 0.341 e. The zero-order chi connectivity index (χ0) is 22.2. The van der Waals surface area contributed by atoms with Crippen LogP contribution in [0.1, 0.15) is 25.3 Å². The van der Waals surface area contributed by atoms with Gasteiger partial charge in [-0.25, -0.2) is 10.2 Å². The number of hydrogen-bond donors (Lipinski definition) is 3. The van der Waals surface area contributed by atoms with E-state index in [1.807, 2.05) is 31.2 Å². The summed E-state index contributed by atoms with van der Waals surface area (Å²) >= 11 is 11.5. The van der Waals surface area contributed by atoms with Crippen molar-refractivity contribution in [2.75, 3.05) is 51.1 Å². The largest absolute Gasteiger partial charge is 0.465 e. The molecule has 8 nitrogen and oxygen atoms in total. The molecule has 0 amide bonds. The van der Waals surface area contributed by atoms with Gasteiger partial charge in [0.05, 0.1) is 6.61 Å². The zero-order valence-electron chi connectivity index (χ0n) is 17.6. The Hall–Kier alpha value is -0.410. The Kier molecular flexibility index (Phi) is 15.0. The van der Waals surface area contributed by atoms with Crippen LogP contribution in [-0.2, 0) is 20.4 Å². The third-order valence-corrected chi connectivity index (χ3v) is 6.18. The topological polar surface area (TPSA) is 112 Å². The molecule has 1 rings (SSSR count). The van der Waals surface area contributed by atoms with Gasteiger partial charge in [-0.3, -0.25) is 4.57 Å². The highest BCUT2D eigenvalue weighted by molar-refractivity contribution is 7.53. The third kappa shape index (κ3) is 11.3. The molecule has 174 valence electrons. The summed E-state index contributed by atoms with van der Waals surface area (Å²) in [5, 5.41) is 3.25. The maximum atomic E-state index is 12.6. The van der Waals surface area contributed by atoms with Crippen molar-refractivity contribution in [2.24, 2.45) is 11.2 Å². The molecule has 5 N–H and O–H groups in total. The average Bonchev–Trinajstić information content (AvgIpc) is 2.73. The van der Waals surface area contributed by atoms with Crippen molar-refractivity contribution in [3.8, 4) is 5.75 Å². The Labute approximate surface area is 190 Å². The number of nitrogens with two attached hydrogens (primary N) is 2. The molecule has 0 aromatic heterocycles. The molecule has 0 saturated heterocycles. The van der Waals surface area contributed by atoms with E-state index in [4.69, 9.17) is 48.4 Å². The van der Waals surface area contributed by atoms with Crippen molar-refractivity contribution < 1.29 is 18.6 Å². The lowest BCUT2D eigenvalue weighted by atomic mass is 10.2. The van der Waals surface area contributed by atoms with Crippen molar-refractivity contribution in [3.05, 3.63) is 29.8 Å². The molecule has 0 saturated carbocycles. The summed E-state index contributed by atoms with van der Waals surface area (Å²) in [4.78, 5) is 0. The molecule has 0 fully saturated rings. The first kappa shape index (κ1) is 27.6. The summed E-state index contributed by atoms with van der Waals surface area (Å²) in [5.74, 6) is 1.27. The van der Waals surface area contributed by atoms with Gasteiger partial charge in [0, 0.05) is 51.0 Å². The molecular weight excluding hydrogens is 450 g/mol. The highest BCUT2D eigenvalue weighted by Crippen LogP contribution is 2.43. The van der Waals surface area contributed by atoms with Crippen LogP contribution in [-0.4, -0.2) is 62.1 Å². The van der Waals surface area contributed by atoms with Gasteiger partial charge in [-0.2, -0.15) is 0 Å². The van der Waals surface area contributed by atoms with Crippen LogP contribution in [0.15, 0.2) is 24.3 Å². The molecule has 0 aliphatic heterocycles. The second-order valence-corrected chi connectivity index (χ2v) is 9.20. The maximum Gasteiger partial charge on any atom is 0.341 e. The minimum atomic E-state index is -3.47. The van der Waals surface area contributed by atoms with E-state index in [1.165, 1.54) is 4.67 Å². The monoisotopic (exact) mass is 484 g/mol. The minimum absolute atomic E-state index is 0.108. The van der Waals surface area contributed by atoms with E-state index in [1.54, 1.807) is 0 Å². The van der Waals surface area contributed by atoms with Crippen LogP contribution in [0.25, 0.3) is 0 Å². The van der Waals surface area contributed by atoms with Crippen LogP contribution in [0.3, 0.4) is 0 Å². The van der Waals surface area contributed by atoms with Crippen molar-refractivity contribution in [1.29, 1.82) is 0 Å². The number of rotatable bonds is 18. The fourth-order valence-electron chi connectivity index (χ4n) is 2.63. The lowest BCUT2D eigenvalue weighted by Gasteiger charge is -2.26. The Morgan fingerprint density at radius 3 is 2.40 bits per heavy atom. The van der Waals surface area contributed by atoms with Crippen LogP contribution in [0, 0.1) is 0 Å². The SMILES string of the molecule is CCOC(CCCNCCN)Oc1ccc(COP(N)(=O)N(CCCl)CCCl)cc1. The molecule has 0 aliphatic carbocycles. The molecule has 0 bridgehead atoms. The van der Waals surface area contributed by atoms with Crippen LogP contribution < -0.4 is 21.3 Å². The second-order valence-electron chi connectivity index (χ2n) is 6.50. The van der Waals surface area contributed by atoms with Crippen LogP contribution in [0.5, 0.6) is 5.75 Å². The number of benzene rings is 1. The van der Waals surface area contributed by atoms with Gasteiger partial charge in [-0.05, 0) is 37.6 Å². The van der Waals surface area contributed by atoms with E-state index in [0.717, 1.165) is 31.5 Å². The molecule has 0 heterocycles. The highest BCUT2D eigenvalue weighted by Gasteiger charge is 2.26. The minimum Gasteiger partial charge on any atom is -0.465 e. The van der Waals surface area contributed by atoms with Crippen LogP contribution in [0.2, 0.25) is 0 Å². The number of ether oxygens (including phenoxy) is 2. The summed E-state index contributed by atoms with van der Waals surface area (Å²) in [6.45, 7) is 5.59. The molecule has 1 aromatic carbocycles. The predicted octanol–water partition coefficient (Wildman–Crippen LogP) is 3.12. The molecule has 30 heavy (non-hydrogen) atoms. The Balaban J connectivity index is 2.55. The van der Waals surface area contributed by atoms with Crippen LogP contribution >= 0.6 is 30.9 Å². The molecular formula is C19H35Cl2N4O4P. The summed E-state index contributed by atoms with van der Waals surface area (Å²) < 4.78 is 31.2. The third-order valence-electron chi connectivity index (χ3n) is 4.15. The van der Waals surface area contributed by atoms with Crippen molar-refractivity contribution in [3.63, 3.8) is 0 Å². The molecule has 0 aliphatic rings. The fourth-order valence-corrected chi connectivity index (χ4v) is 4.53. The van der Waals surface area contributed by atoms with Crippen molar-refractivity contribution in [1.82, 2.24) is 9.99 Å². The molecule has 1 aromatic rings. The predicted molar refractivity (Wildman–Crippen MR) is 123 cm³/mol. The molecule has 2 unspecified atom stereocenters. The normalized spacial score (nSPS) is 14.6. The molecule has 2 atom stereocenters. The van der Waals surface area contributed by atoms with Gasteiger partial charge in [-0.1, -0.05) is 12.1 Å². The lowest BCUT2D eigenvalue weighted by molar-refractivity contribution is -0.0804. The van der Waals surface area contributed by atoms with E-state index in [0.29, 0.717) is 32.0 Å². The Morgan fingerprint density at radius 2 is 1.83 bits per heavy atom. The lowest BCUT2D eigenvalue weighted by Crippen LogP contribution is -2.29. The van der Waals surface area contributed by atoms with E-state index in [9.17, 15) is 4.57 Å². The number of hydrogen-bond acceptors (Lipinski definition) is 6. The van der Waals surface area contributed by atoms with Gasteiger partial charge in [0.2, 0.25) is 0 Å². The summed E-state index contributed by atoms with van der Waals surface area (Å²) in [5.41, 5.74) is 12.2. The fraction of sp³-hybridized carbons (Fsp3) is 0.684. The van der Waals surface area contributed by atoms with E-state index < -0.39 is 7.67 Å². The second kappa shape index (κ2) is 16.3. The van der Waals surface area contributed by atoms with Gasteiger partial charge in [0.1, 0.15) is 5.75 Å². The molecule has 0 spiro atoms. The summed E-state index contributed by atoms with van der Waals surface area (Å²) in [6, 6.07) is 7.34. The van der Waals surface area contributed by atoms with Gasteiger partial charge < -0.3 is 25.0 Å². The quantitative estimate of drug-likeness (QED) is 0.126. The number of nitrogens with zero attached hydrogens (tertiary/aromatic N) is 1. The standard InChI is InChI=1S/C19H35Cl2N4O4P/c1-2-27-19(4-3-12-24-13-11-22)29-18-7-5-17(6-8-18)16-28-30(23,26)25(14-9-20)15-10-21/h5-8,19,24H,2-4,9-16,22H2,1H3,(H2,23,26). The number of alkyl halides is 2. The summed E-state index contributed by atoms with van der Waals surface area (Å²) in [7, 11) is -3.47. The van der Waals surface area contributed by atoms with Gasteiger partial charge in [0.25, 0.3) is 0 Å². The average molecular weight is 485 g/mol. The van der Waals surface area contributed by atoms with Gasteiger partial charge in [-0.15, -0.1) is 23.2 Å². The van der Waals surface area contributed by atoms with Crippen LogP contribution in [0.4, 0.5) is 0 Å². The summed E-state index contributed by atoms with van der Waals surface area (Å²) in [6.07, 6.45) is 1.37. The first-order chi connectivity index (χ1) is 14.5. The van der Waals surface area contributed by atoms with Gasteiger partial charge in [0.15, 0.2) is 6.29 Å². The number of halogens is 2. The highest BCUT2D eigenvalue weighted by atomic mass is 35.5. The maximum absolute atomic E-state index is 12.6. The van der Waals surface area contributed by atoms with E-state index in [-0.39, 0.29) is 24.7 Å². The van der Waals surface area contributed by atoms with Gasteiger partial charge >= 0.3 is 7.67 Å².